The third kappa shape index (κ3) is 5.32. The van der Waals surface area contributed by atoms with Crippen molar-refractivity contribution in [1.82, 2.24) is 4.90 Å². The molecule has 0 bridgehead atoms. The van der Waals surface area contributed by atoms with Crippen LogP contribution in [0.5, 0.6) is 0 Å². The second-order valence-electron chi connectivity index (χ2n) is 10.8. The number of likely N-dealkylation sites (tertiary alicyclic amines) is 1. The van der Waals surface area contributed by atoms with Gasteiger partial charge >= 0.3 is 0 Å². The van der Waals surface area contributed by atoms with Crippen LogP contribution in [-0.4, -0.2) is 32.3 Å². The predicted octanol–water partition coefficient (Wildman–Crippen LogP) is 6.76. The van der Waals surface area contributed by atoms with E-state index in [0.29, 0.717) is 19.4 Å². The zero-order valence-corrected chi connectivity index (χ0v) is 21.5. The van der Waals surface area contributed by atoms with Gasteiger partial charge in [-0.15, -0.1) is 0 Å². The average Bonchev–Trinajstić information content (AvgIpc) is 3.05. The molecule has 2 aromatic carbocycles. The molecule has 3 rings (SSSR count). The van der Waals surface area contributed by atoms with Gasteiger partial charge in [0, 0.05) is 13.2 Å². The van der Waals surface area contributed by atoms with E-state index in [0.717, 1.165) is 24.1 Å². The predicted molar refractivity (Wildman–Crippen MR) is 131 cm³/mol. The molecule has 3 nitrogen and oxygen atoms in total. The normalized spacial score (nSPS) is 20.6. The van der Waals surface area contributed by atoms with Gasteiger partial charge < -0.3 is 9.33 Å². The van der Waals surface area contributed by atoms with Gasteiger partial charge in [-0.1, -0.05) is 63.2 Å². The van der Waals surface area contributed by atoms with Gasteiger partial charge in [0.15, 0.2) is 8.32 Å². The quantitative estimate of drug-likeness (QED) is 0.412. The number of amides is 1. The molecule has 1 amide bonds. The Morgan fingerprint density at radius 2 is 1.72 bits per heavy atom. The van der Waals surface area contributed by atoms with Gasteiger partial charge in [-0.3, -0.25) is 4.79 Å². The van der Waals surface area contributed by atoms with Crippen LogP contribution in [0, 0.1) is 11.2 Å². The zero-order chi connectivity index (χ0) is 23.6. The maximum Gasteiger partial charge on any atom is 0.229 e. The Morgan fingerprint density at radius 1 is 1.09 bits per heavy atom. The van der Waals surface area contributed by atoms with Crippen molar-refractivity contribution in [2.45, 2.75) is 71.1 Å². The summed E-state index contributed by atoms with van der Waals surface area (Å²) < 4.78 is 20.0. The first-order valence-electron chi connectivity index (χ1n) is 11.7. The van der Waals surface area contributed by atoms with E-state index >= 15 is 0 Å². The molecule has 1 saturated heterocycles. The third-order valence-corrected chi connectivity index (χ3v) is 12.1. The molecule has 1 aliphatic heterocycles. The van der Waals surface area contributed by atoms with Crippen molar-refractivity contribution in [2.75, 3.05) is 13.2 Å². The fourth-order valence-corrected chi connectivity index (χ4v) is 5.37. The van der Waals surface area contributed by atoms with Crippen molar-refractivity contribution in [3.63, 3.8) is 0 Å². The zero-order valence-electron chi connectivity index (χ0n) is 20.5. The van der Waals surface area contributed by atoms with Crippen molar-refractivity contribution in [3.8, 4) is 0 Å². The molecule has 0 aromatic heterocycles. The van der Waals surface area contributed by atoms with Crippen molar-refractivity contribution in [1.29, 1.82) is 0 Å². The average molecular weight is 456 g/mol. The highest BCUT2D eigenvalue weighted by Gasteiger charge is 2.48. The molecule has 0 radical (unpaired) electrons. The first-order chi connectivity index (χ1) is 15.0. The lowest BCUT2D eigenvalue weighted by Gasteiger charge is -2.37. The maximum absolute atomic E-state index is 13.9. The van der Waals surface area contributed by atoms with Crippen LogP contribution < -0.4 is 0 Å². The molecule has 0 aliphatic carbocycles. The summed E-state index contributed by atoms with van der Waals surface area (Å²) >= 11 is 0. The first kappa shape index (κ1) is 24.7. The molecule has 0 spiro atoms. The van der Waals surface area contributed by atoms with Gasteiger partial charge in [-0.2, -0.15) is 0 Å². The number of benzene rings is 2. The van der Waals surface area contributed by atoms with E-state index in [1.54, 1.807) is 0 Å². The molecule has 0 N–H and O–H groups in total. The van der Waals surface area contributed by atoms with Crippen LogP contribution in [-0.2, 0) is 15.6 Å². The van der Waals surface area contributed by atoms with E-state index in [2.05, 4.69) is 52.9 Å². The van der Waals surface area contributed by atoms with Crippen LogP contribution in [0.15, 0.2) is 54.6 Å². The number of carbonyl (C=O) groups excluding carboxylic acids is 1. The van der Waals surface area contributed by atoms with Gasteiger partial charge in [0.05, 0.1) is 11.5 Å². The number of hydrogen-bond donors (Lipinski definition) is 0. The molecule has 0 unspecified atom stereocenters. The highest BCUT2D eigenvalue weighted by atomic mass is 28.4. The largest absolute Gasteiger partial charge is 0.417 e. The summed E-state index contributed by atoms with van der Waals surface area (Å²) in [5, 5.41) is 0.130. The molecule has 1 fully saturated rings. The minimum absolute atomic E-state index is 0.0279. The Balaban J connectivity index is 1.82. The monoisotopic (exact) mass is 455 g/mol. The summed E-state index contributed by atoms with van der Waals surface area (Å²) in [5.74, 6) is -0.0573. The van der Waals surface area contributed by atoms with E-state index in [-0.39, 0.29) is 22.8 Å². The van der Waals surface area contributed by atoms with E-state index in [4.69, 9.17) is 4.43 Å². The first-order valence-corrected chi connectivity index (χ1v) is 14.6. The van der Waals surface area contributed by atoms with Crippen molar-refractivity contribution >= 4 is 14.2 Å². The number of nitrogens with zero attached hydrogens (tertiary/aromatic N) is 1. The third-order valence-electron chi connectivity index (χ3n) is 7.60. The van der Waals surface area contributed by atoms with Crippen molar-refractivity contribution in [2.24, 2.45) is 5.41 Å². The molecule has 0 saturated carbocycles. The Hall–Kier alpha value is -1.98. The highest BCUT2D eigenvalue weighted by Crippen LogP contribution is 2.43. The van der Waals surface area contributed by atoms with Crippen LogP contribution in [0.2, 0.25) is 18.1 Å². The summed E-state index contributed by atoms with van der Waals surface area (Å²) in [4.78, 5) is 15.9. The molecule has 2 aromatic rings. The maximum atomic E-state index is 13.9. The van der Waals surface area contributed by atoms with Gasteiger partial charge in [-0.05, 0) is 67.6 Å². The molecule has 2 atom stereocenters. The van der Waals surface area contributed by atoms with Crippen LogP contribution in [0.25, 0.3) is 0 Å². The van der Waals surface area contributed by atoms with Crippen molar-refractivity contribution < 1.29 is 13.6 Å². The van der Waals surface area contributed by atoms with Gasteiger partial charge in [-0.25, -0.2) is 4.39 Å². The lowest BCUT2D eigenvalue weighted by Crippen LogP contribution is -2.43. The van der Waals surface area contributed by atoms with Crippen molar-refractivity contribution in [3.05, 3.63) is 71.5 Å². The number of carbonyl (C=O) groups is 1. The standard InChI is InChI=1S/C27H38FNO2Si/c1-21(23-10-8-7-9-11-23)29-18-16-27(25(29)30,20-22-12-14-24(28)15-13-22)17-19-31-32(5,6)26(2,3)4/h7-15,21H,16-20H2,1-6H3/t21-,27-/m0/s1. The van der Waals surface area contributed by atoms with Crippen LogP contribution in [0.1, 0.15) is 57.7 Å². The molecular weight excluding hydrogens is 417 g/mol. The lowest BCUT2D eigenvalue weighted by atomic mass is 9.77. The van der Waals surface area contributed by atoms with E-state index in [9.17, 15) is 9.18 Å². The minimum atomic E-state index is -1.90. The fraction of sp³-hybridized carbons (Fsp3) is 0.519. The van der Waals surface area contributed by atoms with Crippen LogP contribution in [0.4, 0.5) is 4.39 Å². The number of halogens is 1. The van der Waals surface area contributed by atoms with E-state index in [1.807, 2.05) is 35.2 Å². The molecule has 5 heteroatoms. The summed E-state index contributed by atoms with van der Waals surface area (Å²) in [6.45, 7) is 14.6. The Bertz CT molecular complexity index is 908. The molecule has 1 aliphatic rings. The Kier molecular flexibility index (Phi) is 7.30. The van der Waals surface area contributed by atoms with Crippen LogP contribution in [0.3, 0.4) is 0 Å². The van der Waals surface area contributed by atoms with Gasteiger partial charge in [0.2, 0.25) is 5.91 Å². The number of hydrogen-bond acceptors (Lipinski definition) is 2. The fourth-order valence-electron chi connectivity index (χ4n) is 4.32. The lowest BCUT2D eigenvalue weighted by molar-refractivity contribution is -0.138. The van der Waals surface area contributed by atoms with Gasteiger partial charge in [0.1, 0.15) is 5.82 Å². The molecule has 174 valence electrons. The van der Waals surface area contributed by atoms with E-state index in [1.165, 1.54) is 12.1 Å². The minimum Gasteiger partial charge on any atom is -0.417 e. The summed E-state index contributed by atoms with van der Waals surface area (Å²) in [6.07, 6.45) is 2.10. The van der Waals surface area contributed by atoms with Crippen LogP contribution >= 0.6 is 0 Å². The Morgan fingerprint density at radius 3 is 2.31 bits per heavy atom. The second-order valence-corrected chi connectivity index (χ2v) is 15.6. The summed E-state index contributed by atoms with van der Waals surface area (Å²) in [7, 11) is -1.90. The summed E-state index contributed by atoms with van der Waals surface area (Å²) in [6, 6.07) is 16.8. The SMILES string of the molecule is C[C@@H](c1ccccc1)N1CC[C@](CCO[Si](C)(C)C(C)(C)C)(Cc2ccc(F)cc2)C1=O. The van der Waals surface area contributed by atoms with E-state index < -0.39 is 13.7 Å². The molecule has 32 heavy (non-hydrogen) atoms. The van der Waals surface area contributed by atoms with Gasteiger partial charge in [0.25, 0.3) is 0 Å². The molecule has 1 heterocycles. The summed E-state index contributed by atoms with van der Waals surface area (Å²) in [5.41, 5.74) is 1.64. The second kappa shape index (κ2) is 9.48. The highest BCUT2D eigenvalue weighted by molar-refractivity contribution is 6.74. The Labute approximate surface area is 194 Å². The number of rotatable bonds is 8. The smallest absolute Gasteiger partial charge is 0.229 e. The molecular formula is C27H38FNO2Si. The topological polar surface area (TPSA) is 29.5 Å².